The summed E-state index contributed by atoms with van der Waals surface area (Å²) in [7, 11) is 0. The van der Waals surface area contributed by atoms with Gasteiger partial charge in [0.2, 0.25) is 0 Å². The van der Waals surface area contributed by atoms with Gasteiger partial charge < -0.3 is 9.97 Å². The number of hydrogen-bond donors (Lipinski definition) is 2. The number of benzene rings is 1. The monoisotopic (exact) mass is 376 g/mol. The van der Waals surface area contributed by atoms with Crippen LogP contribution in [0.5, 0.6) is 0 Å². The average molecular weight is 377 g/mol. The number of aryl methyl sites for hydroxylation is 1. The Hall–Kier alpha value is -2.40. The van der Waals surface area contributed by atoms with E-state index in [0.717, 1.165) is 49.4 Å². The number of rotatable bonds is 3. The van der Waals surface area contributed by atoms with Crippen LogP contribution in [0.3, 0.4) is 0 Å². The van der Waals surface area contributed by atoms with Crippen molar-refractivity contribution in [1.29, 1.82) is 0 Å². The van der Waals surface area contributed by atoms with Crippen LogP contribution < -0.4 is 5.56 Å². The molecule has 1 fully saturated rings. The zero-order valence-corrected chi connectivity index (χ0v) is 16.6. The molecule has 1 saturated carbocycles. The molecule has 5 rings (SSSR count). The van der Waals surface area contributed by atoms with Crippen molar-refractivity contribution < 1.29 is 0 Å². The predicted molar refractivity (Wildman–Crippen MR) is 112 cm³/mol. The van der Waals surface area contributed by atoms with Crippen molar-refractivity contribution in [1.82, 2.24) is 19.9 Å². The van der Waals surface area contributed by atoms with Crippen molar-refractivity contribution in [3.05, 3.63) is 63.0 Å². The maximum Gasteiger partial charge on any atom is 0.255 e. The molecule has 0 bridgehead atoms. The second-order valence-electron chi connectivity index (χ2n) is 8.53. The fourth-order valence-electron chi connectivity index (χ4n) is 4.88. The van der Waals surface area contributed by atoms with E-state index in [9.17, 15) is 4.79 Å². The van der Waals surface area contributed by atoms with Crippen LogP contribution in [0.1, 0.15) is 66.2 Å². The number of nitrogens with one attached hydrogen (secondary N) is 2. The van der Waals surface area contributed by atoms with Crippen LogP contribution >= 0.6 is 0 Å². The van der Waals surface area contributed by atoms with E-state index in [1.54, 1.807) is 0 Å². The fraction of sp³-hybridized carbons (Fsp3) is 0.478. The zero-order valence-electron chi connectivity index (χ0n) is 16.6. The number of fused-ring (bicyclic) bond motifs is 2. The molecule has 2 aromatic heterocycles. The number of aromatic nitrogens is 3. The molecule has 0 unspecified atom stereocenters. The van der Waals surface area contributed by atoms with E-state index in [4.69, 9.17) is 4.98 Å². The predicted octanol–water partition coefficient (Wildman–Crippen LogP) is 4.17. The van der Waals surface area contributed by atoms with Crippen molar-refractivity contribution >= 4 is 10.9 Å². The van der Waals surface area contributed by atoms with E-state index < -0.39 is 0 Å². The molecule has 1 aliphatic carbocycles. The number of aromatic amines is 2. The minimum absolute atomic E-state index is 0.0739. The summed E-state index contributed by atoms with van der Waals surface area (Å²) in [5, 5.41) is 1.27. The minimum Gasteiger partial charge on any atom is -0.361 e. The maximum absolute atomic E-state index is 12.8. The second kappa shape index (κ2) is 7.21. The Morgan fingerprint density at radius 3 is 2.93 bits per heavy atom. The molecule has 1 aliphatic heterocycles. The lowest BCUT2D eigenvalue weighted by Gasteiger charge is -2.28. The Balaban J connectivity index is 1.36. The first-order valence-corrected chi connectivity index (χ1v) is 10.6. The maximum atomic E-state index is 12.8. The highest BCUT2D eigenvalue weighted by molar-refractivity contribution is 5.83. The minimum atomic E-state index is 0.0739. The first-order valence-electron chi connectivity index (χ1n) is 10.6. The third-order valence-corrected chi connectivity index (χ3v) is 6.47. The molecule has 2 N–H and O–H groups in total. The van der Waals surface area contributed by atoms with Gasteiger partial charge in [0.25, 0.3) is 5.56 Å². The highest BCUT2D eigenvalue weighted by atomic mass is 16.1. The van der Waals surface area contributed by atoms with Gasteiger partial charge in [0.1, 0.15) is 5.82 Å². The zero-order chi connectivity index (χ0) is 19.1. The van der Waals surface area contributed by atoms with Gasteiger partial charge in [-0.15, -0.1) is 0 Å². The Labute approximate surface area is 165 Å². The SMILES string of the molecule is Cc1ccc2c(CN3CCc4nc(C5CCCCC5)[nH]c(=O)c4C3)c[nH]c2c1. The summed E-state index contributed by atoms with van der Waals surface area (Å²) in [4.78, 5) is 26.6. The van der Waals surface area contributed by atoms with E-state index >= 15 is 0 Å². The van der Waals surface area contributed by atoms with E-state index in [-0.39, 0.29) is 5.56 Å². The van der Waals surface area contributed by atoms with Gasteiger partial charge in [-0.25, -0.2) is 4.98 Å². The summed E-state index contributed by atoms with van der Waals surface area (Å²) in [5.41, 5.74) is 5.70. The molecular formula is C23H28N4O. The molecule has 1 aromatic carbocycles. The molecule has 146 valence electrons. The molecular weight excluding hydrogens is 348 g/mol. The summed E-state index contributed by atoms with van der Waals surface area (Å²) < 4.78 is 0. The van der Waals surface area contributed by atoms with Crippen LogP contribution in [0.2, 0.25) is 0 Å². The lowest BCUT2D eigenvalue weighted by atomic mass is 9.88. The molecule has 0 spiro atoms. The molecule has 28 heavy (non-hydrogen) atoms. The Kier molecular flexibility index (Phi) is 4.55. The fourth-order valence-corrected chi connectivity index (χ4v) is 4.88. The van der Waals surface area contributed by atoms with Gasteiger partial charge in [0, 0.05) is 49.1 Å². The molecule has 5 nitrogen and oxygen atoms in total. The highest BCUT2D eigenvalue weighted by Gasteiger charge is 2.25. The van der Waals surface area contributed by atoms with Gasteiger partial charge in [0.05, 0.1) is 11.3 Å². The van der Waals surface area contributed by atoms with Crippen LogP contribution in [0.15, 0.2) is 29.2 Å². The number of H-pyrrole nitrogens is 2. The summed E-state index contributed by atoms with van der Waals surface area (Å²) in [6, 6.07) is 6.54. The standard InChI is InChI=1S/C23H28N4O/c1-15-7-8-18-17(12-24-21(18)11-15)13-27-10-9-20-19(14-27)23(28)26-22(25-20)16-5-3-2-4-6-16/h7-8,11-12,16,24H,2-6,9-10,13-14H2,1H3,(H,25,26,28). The molecule has 3 heterocycles. The first kappa shape index (κ1) is 17.7. The average Bonchev–Trinajstić information content (AvgIpc) is 3.10. The van der Waals surface area contributed by atoms with E-state index in [0.29, 0.717) is 12.5 Å². The Morgan fingerprint density at radius 2 is 2.07 bits per heavy atom. The number of nitrogens with zero attached hydrogens (tertiary/aromatic N) is 2. The van der Waals surface area contributed by atoms with Gasteiger partial charge in [-0.1, -0.05) is 31.4 Å². The Morgan fingerprint density at radius 1 is 1.21 bits per heavy atom. The van der Waals surface area contributed by atoms with Gasteiger partial charge >= 0.3 is 0 Å². The van der Waals surface area contributed by atoms with Gasteiger partial charge in [-0.3, -0.25) is 9.69 Å². The third kappa shape index (κ3) is 3.28. The smallest absolute Gasteiger partial charge is 0.255 e. The molecule has 0 atom stereocenters. The van der Waals surface area contributed by atoms with Crippen LogP contribution in [-0.2, 0) is 19.5 Å². The van der Waals surface area contributed by atoms with E-state index in [1.165, 1.54) is 41.3 Å². The van der Waals surface area contributed by atoms with Crippen LogP contribution in [0.25, 0.3) is 10.9 Å². The largest absolute Gasteiger partial charge is 0.361 e. The first-order chi connectivity index (χ1) is 13.7. The number of hydrogen-bond acceptors (Lipinski definition) is 3. The summed E-state index contributed by atoms with van der Waals surface area (Å²) >= 11 is 0. The lowest BCUT2D eigenvalue weighted by Crippen LogP contribution is -2.36. The summed E-state index contributed by atoms with van der Waals surface area (Å²) in [5.74, 6) is 1.38. The molecule has 0 saturated heterocycles. The van der Waals surface area contributed by atoms with Crippen LogP contribution in [0.4, 0.5) is 0 Å². The summed E-state index contributed by atoms with van der Waals surface area (Å²) in [6.07, 6.45) is 9.11. The van der Waals surface area contributed by atoms with Crippen molar-refractivity contribution in [3.63, 3.8) is 0 Å². The molecule has 3 aromatic rings. The Bertz CT molecular complexity index is 1060. The second-order valence-corrected chi connectivity index (χ2v) is 8.53. The highest BCUT2D eigenvalue weighted by Crippen LogP contribution is 2.31. The quantitative estimate of drug-likeness (QED) is 0.721. The van der Waals surface area contributed by atoms with Gasteiger partial charge in [-0.05, 0) is 37.0 Å². The molecule has 2 aliphatic rings. The van der Waals surface area contributed by atoms with E-state index in [2.05, 4.69) is 46.2 Å². The van der Waals surface area contributed by atoms with Crippen LogP contribution in [-0.4, -0.2) is 26.4 Å². The topological polar surface area (TPSA) is 64.8 Å². The van der Waals surface area contributed by atoms with Gasteiger partial charge in [0.15, 0.2) is 0 Å². The van der Waals surface area contributed by atoms with E-state index in [1.807, 2.05) is 0 Å². The molecule has 5 heteroatoms. The molecule has 0 amide bonds. The lowest BCUT2D eigenvalue weighted by molar-refractivity contribution is 0.242. The van der Waals surface area contributed by atoms with Crippen molar-refractivity contribution in [2.45, 2.75) is 64.5 Å². The molecule has 0 radical (unpaired) electrons. The third-order valence-electron chi connectivity index (χ3n) is 6.47. The normalized spacial score (nSPS) is 18.5. The van der Waals surface area contributed by atoms with Crippen molar-refractivity contribution in [2.24, 2.45) is 0 Å². The van der Waals surface area contributed by atoms with Gasteiger partial charge in [-0.2, -0.15) is 0 Å². The van der Waals surface area contributed by atoms with Crippen molar-refractivity contribution in [3.8, 4) is 0 Å². The van der Waals surface area contributed by atoms with Crippen LogP contribution in [0, 0.1) is 6.92 Å². The van der Waals surface area contributed by atoms with Crippen molar-refractivity contribution in [2.75, 3.05) is 6.54 Å². The summed E-state index contributed by atoms with van der Waals surface area (Å²) in [6.45, 7) is 4.60.